The topological polar surface area (TPSA) is 152 Å². The fraction of sp³-hybridized carbons (Fsp3) is 0.321. The van der Waals surface area contributed by atoms with Gasteiger partial charge in [-0.05, 0) is 57.6 Å². The number of aromatic hydroxyl groups is 2. The molecule has 3 aromatic rings. The molecule has 1 aliphatic heterocycles. The summed E-state index contributed by atoms with van der Waals surface area (Å²) in [6, 6.07) is 3.29. The van der Waals surface area contributed by atoms with Gasteiger partial charge in [-0.15, -0.1) is 11.3 Å². The highest BCUT2D eigenvalue weighted by Crippen LogP contribution is 2.57. The third-order valence-corrected chi connectivity index (χ3v) is 8.75. The molecule has 0 spiro atoms. The third-order valence-electron chi connectivity index (χ3n) is 7.24. The van der Waals surface area contributed by atoms with E-state index in [0.717, 1.165) is 10.6 Å². The maximum atomic E-state index is 14.1. The fourth-order valence-electron chi connectivity index (χ4n) is 5.07. The zero-order valence-corrected chi connectivity index (χ0v) is 24.1. The predicted octanol–water partition coefficient (Wildman–Crippen LogP) is 4.76. The zero-order valence-electron chi connectivity index (χ0n) is 22.4. The van der Waals surface area contributed by atoms with Gasteiger partial charge in [0, 0.05) is 17.3 Å². The van der Waals surface area contributed by atoms with Crippen LogP contribution in [0, 0.1) is 6.92 Å². The Balaban J connectivity index is 1.57. The number of nitrogens with one attached hydrogen (secondary N) is 1. The smallest absolute Gasteiger partial charge is 0.249 e. The lowest BCUT2D eigenvalue weighted by atomic mass is 9.70. The van der Waals surface area contributed by atoms with Crippen molar-refractivity contribution in [3.05, 3.63) is 63.2 Å². The van der Waals surface area contributed by atoms with Gasteiger partial charge in [-0.1, -0.05) is 11.2 Å². The number of hydrogen-bond donors (Lipinski definition) is 3. The van der Waals surface area contributed by atoms with Crippen molar-refractivity contribution in [1.29, 1.82) is 0 Å². The first-order chi connectivity index (χ1) is 19.0. The maximum absolute atomic E-state index is 14.1. The van der Waals surface area contributed by atoms with E-state index in [0.29, 0.717) is 23.8 Å². The van der Waals surface area contributed by atoms with E-state index < -0.39 is 34.6 Å². The number of carbonyl (C=O) groups excluding carboxylic acids is 3. The molecule has 10 nitrogen and oxygen atoms in total. The molecule has 0 amide bonds. The first kappa shape index (κ1) is 27.7. The van der Waals surface area contributed by atoms with Gasteiger partial charge < -0.3 is 24.8 Å². The number of ether oxygens (including phenoxy) is 1. The minimum Gasteiger partial charge on any atom is -0.507 e. The molecule has 3 N–H and O–H groups in total. The highest BCUT2D eigenvalue weighted by molar-refractivity contribution is 7.98. The molecule has 40 heavy (non-hydrogen) atoms. The van der Waals surface area contributed by atoms with Gasteiger partial charge >= 0.3 is 0 Å². The van der Waals surface area contributed by atoms with Crippen LogP contribution in [-0.2, 0) is 15.0 Å². The van der Waals surface area contributed by atoms with Crippen molar-refractivity contribution in [2.45, 2.75) is 45.6 Å². The van der Waals surface area contributed by atoms with Crippen molar-refractivity contribution in [2.75, 3.05) is 12.0 Å². The Morgan fingerprint density at radius 3 is 2.65 bits per heavy atom. The van der Waals surface area contributed by atoms with Gasteiger partial charge in [-0.3, -0.25) is 14.4 Å². The number of thioether (sulfide) groups is 1. The number of ketones is 3. The van der Waals surface area contributed by atoms with Crippen molar-refractivity contribution in [3.63, 3.8) is 0 Å². The number of phenols is 2. The van der Waals surface area contributed by atoms with Crippen molar-refractivity contribution >= 4 is 40.4 Å². The van der Waals surface area contributed by atoms with Crippen molar-refractivity contribution in [1.82, 2.24) is 15.5 Å². The minimum atomic E-state index is -1.60. The Labute approximate surface area is 238 Å². The molecule has 5 rings (SSSR count). The van der Waals surface area contributed by atoms with Crippen molar-refractivity contribution in [3.8, 4) is 28.0 Å². The van der Waals surface area contributed by atoms with Gasteiger partial charge in [0.15, 0.2) is 17.3 Å². The van der Waals surface area contributed by atoms with E-state index in [1.165, 1.54) is 38.2 Å². The predicted molar refractivity (Wildman–Crippen MR) is 150 cm³/mol. The van der Waals surface area contributed by atoms with E-state index in [4.69, 9.17) is 9.26 Å². The summed E-state index contributed by atoms with van der Waals surface area (Å²) in [4.78, 5) is 45.2. The number of phenolic OH excluding ortho intramolecular Hbond substituents is 2. The zero-order chi connectivity index (χ0) is 28.9. The second-order valence-corrected chi connectivity index (χ2v) is 11.7. The number of rotatable bonds is 8. The van der Waals surface area contributed by atoms with E-state index >= 15 is 0 Å². The molecule has 0 radical (unpaired) electrons. The molecule has 0 saturated carbocycles. The summed E-state index contributed by atoms with van der Waals surface area (Å²) in [5.74, 6) is -1.15. The van der Waals surface area contributed by atoms with Crippen LogP contribution < -0.4 is 10.1 Å². The summed E-state index contributed by atoms with van der Waals surface area (Å²) in [6.07, 6.45) is 3.73. The maximum Gasteiger partial charge on any atom is 0.249 e. The van der Waals surface area contributed by atoms with Crippen LogP contribution in [0.4, 0.5) is 0 Å². The van der Waals surface area contributed by atoms with Gasteiger partial charge in [-0.25, -0.2) is 0 Å². The van der Waals surface area contributed by atoms with E-state index in [1.54, 1.807) is 18.7 Å². The molecule has 1 aromatic carbocycles. The first-order valence-electron chi connectivity index (χ1n) is 12.4. The standard InChI is InChI=1S/C28H27N3O7S2/c1-12-22(34)20(14(3)32)24-21(23(12)35)28(4)18(37-24)11-16(33)19(25(28)36)13(2)29-15(8-10-39-5)27-30-26(31-38-27)17-7-6-9-40-17/h6-7,9,11,15,29,34-35H,8,10H2,1-5H3/b19-13+/t15?,28-/m1/s1. The molecule has 0 bridgehead atoms. The molecule has 2 atom stereocenters. The average molecular weight is 582 g/mol. The van der Waals surface area contributed by atoms with E-state index in [1.807, 2.05) is 23.8 Å². The van der Waals surface area contributed by atoms with Gasteiger partial charge in [-0.2, -0.15) is 16.7 Å². The van der Waals surface area contributed by atoms with Crippen LogP contribution in [0.15, 0.2) is 45.1 Å². The molecule has 1 unspecified atom stereocenters. The van der Waals surface area contributed by atoms with Gasteiger partial charge in [0.25, 0.3) is 0 Å². The monoisotopic (exact) mass is 581 g/mol. The van der Waals surface area contributed by atoms with Gasteiger partial charge in [0.05, 0.1) is 16.0 Å². The Bertz CT molecular complexity index is 1620. The first-order valence-corrected chi connectivity index (χ1v) is 14.7. The van der Waals surface area contributed by atoms with Gasteiger partial charge in [0.1, 0.15) is 40.0 Å². The second-order valence-electron chi connectivity index (χ2n) is 9.80. The van der Waals surface area contributed by atoms with Crippen LogP contribution in [-0.4, -0.2) is 49.7 Å². The lowest BCUT2D eigenvalue weighted by molar-refractivity contribution is -0.123. The normalized spacial score (nSPS) is 20.0. The molecule has 1 aliphatic carbocycles. The lowest BCUT2D eigenvalue weighted by Crippen LogP contribution is -2.41. The molecule has 2 aromatic heterocycles. The van der Waals surface area contributed by atoms with Crippen LogP contribution in [0.3, 0.4) is 0 Å². The highest BCUT2D eigenvalue weighted by atomic mass is 32.2. The largest absolute Gasteiger partial charge is 0.507 e. The van der Waals surface area contributed by atoms with E-state index in [-0.39, 0.29) is 39.5 Å². The summed E-state index contributed by atoms with van der Waals surface area (Å²) in [5.41, 5.74) is -1.50. The lowest BCUT2D eigenvalue weighted by Gasteiger charge is -2.29. The van der Waals surface area contributed by atoms with Gasteiger partial charge in [0.2, 0.25) is 11.7 Å². The second kappa shape index (κ2) is 10.3. The molecular weight excluding hydrogens is 554 g/mol. The van der Waals surface area contributed by atoms with Crippen LogP contribution in [0.2, 0.25) is 0 Å². The molecule has 2 aliphatic rings. The van der Waals surface area contributed by atoms with Crippen LogP contribution in [0.5, 0.6) is 17.2 Å². The fourth-order valence-corrected chi connectivity index (χ4v) is 6.19. The summed E-state index contributed by atoms with van der Waals surface area (Å²) >= 11 is 3.11. The summed E-state index contributed by atoms with van der Waals surface area (Å²) in [5, 5.41) is 30.8. The summed E-state index contributed by atoms with van der Waals surface area (Å²) in [6.45, 7) is 5.84. The Hall–Kier alpha value is -3.90. The number of carbonyl (C=O) groups is 3. The quantitative estimate of drug-likeness (QED) is 0.192. The van der Waals surface area contributed by atoms with Crippen LogP contribution >= 0.6 is 23.1 Å². The Morgan fingerprint density at radius 2 is 2.00 bits per heavy atom. The van der Waals surface area contributed by atoms with Crippen molar-refractivity contribution in [2.24, 2.45) is 0 Å². The highest BCUT2D eigenvalue weighted by Gasteiger charge is 2.56. The van der Waals surface area contributed by atoms with Crippen LogP contribution in [0.25, 0.3) is 10.7 Å². The summed E-state index contributed by atoms with van der Waals surface area (Å²) in [7, 11) is 0. The number of fused-ring (bicyclic) bond motifs is 3. The minimum absolute atomic E-state index is 0.0201. The molecule has 3 heterocycles. The molecule has 0 saturated heterocycles. The number of aromatic nitrogens is 2. The summed E-state index contributed by atoms with van der Waals surface area (Å²) < 4.78 is 11.4. The van der Waals surface area contributed by atoms with Crippen molar-refractivity contribution < 1.29 is 33.9 Å². The number of nitrogens with zero attached hydrogens (tertiary/aromatic N) is 2. The number of allylic oxidation sites excluding steroid dienone is 4. The number of benzene rings is 1. The Kier molecular flexibility index (Phi) is 7.09. The number of hydrogen-bond acceptors (Lipinski definition) is 12. The number of thiophene rings is 1. The molecule has 12 heteroatoms. The molecule has 208 valence electrons. The van der Waals surface area contributed by atoms with E-state index in [2.05, 4.69) is 15.5 Å². The third kappa shape index (κ3) is 4.22. The Morgan fingerprint density at radius 1 is 1.25 bits per heavy atom. The molecular formula is C28H27N3O7S2. The van der Waals surface area contributed by atoms with E-state index in [9.17, 15) is 24.6 Å². The number of Topliss-reactive ketones (excluding diaryl/α,β-unsaturated/α-hetero) is 2. The SMILES string of the molecule is CSCCC(N/C(C)=C1\C(=O)C=C2Oc3c(C(C)=O)c(O)c(C)c(O)c3[C@]2(C)C1=O)c1nc(-c2cccs2)no1. The molecule has 0 fully saturated rings. The van der Waals surface area contributed by atoms with Crippen LogP contribution in [0.1, 0.15) is 60.6 Å². The average Bonchev–Trinajstić information content (AvgIpc) is 3.65.